The van der Waals surface area contributed by atoms with E-state index in [0.29, 0.717) is 0 Å². The van der Waals surface area contributed by atoms with E-state index in [9.17, 15) is 0 Å². The molecule has 102 valence electrons. The Bertz CT molecular complexity index is 390. The van der Waals surface area contributed by atoms with Crippen LogP contribution in [0.3, 0.4) is 0 Å². The minimum absolute atomic E-state index is 0.123. The van der Waals surface area contributed by atoms with Gasteiger partial charge in [-0.3, -0.25) is 0 Å². The van der Waals surface area contributed by atoms with E-state index in [4.69, 9.17) is 5.11 Å². The van der Waals surface area contributed by atoms with Crippen LogP contribution in [0.1, 0.15) is 33.3 Å². The minimum Gasteiger partial charge on any atom is -0.395 e. The lowest BCUT2D eigenvalue weighted by Crippen LogP contribution is -2.35. The van der Waals surface area contributed by atoms with Gasteiger partial charge in [-0.1, -0.05) is 28.9 Å². The number of thioether (sulfide) groups is 1. The number of halogens is 1. The maximum atomic E-state index is 9.05. The van der Waals surface area contributed by atoms with E-state index in [1.165, 1.54) is 10.5 Å². The number of nitrogens with one attached hydrogen (secondary N) is 1. The molecule has 1 unspecified atom stereocenters. The first kappa shape index (κ1) is 16.0. The molecule has 0 aliphatic carbocycles. The molecule has 18 heavy (non-hydrogen) atoms. The minimum atomic E-state index is 0.123. The lowest BCUT2D eigenvalue weighted by atomic mass is 10.1. The largest absolute Gasteiger partial charge is 0.395 e. The van der Waals surface area contributed by atoms with Crippen molar-refractivity contribution < 1.29 is 5.11 Å². The molecule has 1 aromatic rings. The van der Waals surface area contributed by atoms with Crippen LogP contribution in [-0.2, 0) is 6.54 Å². The molecular formula is C14H22BrNOS. The summed E-state index contributed by atoms with van der Waals surface area (Å²) >= 11 is 5.30. The molecule has 0 amide bonds. The van der Waals surface area contributed by atoms with Crippen LogP contribution in [0.5, 0.6) is 0 Å². The van der Waals surface area contributed by atoms with Gasteiger partial charge >= 0.3 is 0 Å². The Morgan fingerprint density at radius 2 is 2.06 bits per heavy atom. The van der Waals surface area contributed by atoms with Crippen molar-refractivity contribution in [2.75, 3.05) is 6.61 Å². The van der Waals surface area contributed by atoms with Crippen molar-refractivity contribution in [3.05, 3.63) is 28.2 Å². The predicted molar refractivity (Wildman–Crippen MR) is 83.1 cm³/mol. The van der Waals surface area contributed by atoms with E-state index in [-0.39, 0.29) is 17.4 Å². The Balaban J connectivity index is 2.68. The Morgan fingerprint density at radius 1 is 1.39 bits per heavy atom. The summed E-state index contributed by atoms with van der Waals surface area (Å²) in [5.41, 5.74) is 1.38. The number of aliphatic hydroxyl groups is 1. The summed E-state index contributed by atoms with van der Waals surface area (Å²) < 4.78 is 1.12. The molecule has 2 nitrogen and oxygen atoms in total. The van der Waals surface area contributed by atoms with Crippen molar-refractivity contribution >= 4 is 27.7 Å². The highest BCUT2D eigenvalue weighted by atomic mass is 79.9. The van der Waals surface area contributed by atoms with Crippen molar-refractivity contribution in [3.63, 3.8) is 0 Å². The van der Waals surface area contributed by atoms with Gasteiger partial charge in [0, 0.05) is 26.7 Å². The molecule has 0 radical (unpaired) electrons. The first-order valence-corrected chi connectivity index (χ1v) is 7.80. The fourth-order valence-electron chi connectivity index (χ4n) is 1.37. The summed E-state index contributed by atoms with van der Waals surface area (Å²) in [7, 11) is 0. The fraction of sp³-hybridized carbons (Fsp3) is 0.571. The van der Waals surface area contributed by atoms with Crippen LogP contribution in [0.25, 0.3) is 0 Å². The van der Waals surface area contributed by atoms with Gasteiger partial charge in [-0.25, -0.2) is 0 Å². The third-order valence-corrected chi connectivity index (χ3v) is 4.24. The quantitative estimate of drug-likeness (QED) is 0.804. The monoisotopic (exact) mass is 331 g/mol. The SMILES string of the molecule is CC(CO)Sc1ccc(CNC(C)(C)C)c(Br)c1. The van der Waals surface area contributed by atoms with Gasteiger partial charge < -0.3 is 10.4 Å². The van der Waals surface area contributed by atoms with Gasteiger partial charge in [-0.05, 0) is 38.5 Å². The summed E-state index contributed by atoms with van der Waals surface area (Å²) in [5.74, 6) is 0. The Hall–Kier alpha value is -0.0300. The van der Waals surface area contributed by atoms with Crippen molar-refractivity contribution in [2.45, 2.75) is 49.9 Å². The second-order valence-corrected chi connectivity index (χ2v) is 7.83. The zero-order valence-electron chi connectivity index (χ0n) is 11.5. The molecule has 0 saturated carbocycles. The highest BCUT2D eigenvalue weighted by molar-refractivity contribution is 9.10. The van der Waals surface area contributed by atoms with Crippen molar-refractivity contribution in [1.29, 1.82) is 0 Å². The summed E-state index contributed by atoms with van der Waals surface area (Å²) in [4.78, 5) is 1.18. The van der Waals surface area contributed by atoms with Crippen LogP contribution in [0, 0.1) is 0 Å². The van der Waals surface area contributed by atoms with E-state index in [2.05, 4.69) is 60.2 Å². The van der Waals surface area contributed by atoms with E-state index < -0.39 is 0 Å². The molecule has 1 atom stereocenters. The summed E-state index contributed by atoms with van der Waals surface area (Å²) in [6.07, 6.45) is 0. The molecule has 0 fully saturated rings. The standard InChI is InChI=1S/C14H22BrNOS/c1-10(9-17)18-12-6-5-11(13(15)7-12)8-16-14(2,3)4/h5-7,10,16-17H,8-9H2,1-4H3. The first-order valence-electron chi connectivity index (χ1n) is 6.13. The molecular weight excluding hydrogens is 310 g/mol. The average molecular weight is 332 g/mol. The van der Waals surface area contributed by atoms with Crippen LogP contribution < -0.4 is 5.32 Å². The summed E-state index contributed by atoms with van der Waals surface area (Å²) in [5, 5.41) is 12.8. The van der Waals surface area contributed by atoms with Crippen LogP contribution in [-0.4, -0.2) is 22.5 Å². The predicted octanol–water partition coefficient (Wildman–Crippen LogP) is 3.81. The molecule has 0 aliphatic heterocycles. The maximum absolute atomic E-state index is 9.05. The number of hydrogen-bond acceptors (Lipinski definition) is 3. The smallest absolute Gasteiger partial charge is 0.0550 e. The van der Waals surface area contributed by atoms with Gasteiger partial charge in [0.2, 0.25) is 0 Å². The van der Waals surface area contributed by atoms with E-state index in [1.807, 2.05) is 6.92 Å². The van der Waals surface area contributed by atoms with Gasteiger partial charge in [0.1, 0.15) is 0 Å². The lowest BCUT2D eigenvalue weighted by molar-refractivity contribution is 0.300. The molecule has 0 heterocycles. The molecule has 2 N–H and O–H groups in total. The third kappa shape index (κ3) is 5.74. The van der Waals surface area contributed by atoms with Crippen molar-refractivity contribution in [1.82, 2.24) is 5.32 Å². The highest BCUT2D eigenvalue weighted by Crippen LogP contribution is 2.28. The van der Waals surface area contributed by atoms with Gasteiger partial charge in [0.05, 0.1) is 6.61 Å². The van der Waals surface area contributed by atoms with Gasteiger partial charge in [-0.2, -0.15) is 0 Å². The van der Waals surface area contributed by atoms with E-state index >= 15 is 0 Å². The zero-order valence-corrected chi connectivity index (χ0v) is 13.9. The molecule has 4 heteroatoms. The third-order valence-electron chi connectivity index (χ3n) is 2.43. The molecule has 0 saturated heterocycles. The van der Waals surface area contributed by atoms with Crippen LogP contribution in [0.15, 0.2) is 27.6 Å². The average Bonchev–Trinajstić information content (AvgIpc) is 2.26. The second kappa shape index (κ2) is 6.94. The second-order valence-electron chi connectivity index (χ2n) is 5.47. The number of aliphatic hydroxyl groups excluding tert-OH is 1. The zero-order chi connectivity index (χ0) is 13.8. The number of rotatable bonds is 5. The number of benzene rings is 1. The number of hydrogen-bond donors (Lipinski definition) is 2. The van der Waals surface area contributed by atoms with Gasteiger partial charge in [-0.15, -0.1) is 11.8 Å². The molecule has 0 aliphatic rings. The van der Waals surface area contributed by atoms with Gasteiger partial charge in [0.15, 0.2) is 0 Å². The normalized spacial score (nSPS) is 13.7. The fourth-order valence-corrected chi connectivity index (χ4v) is 2.92. The first-order chi connectivity index (χ1) is 8.31. The highest BCUT2D eigenvalue weighted by Gasteiger charge is 2.10. The summed E-state index contributed by atoms with van der Waals surface area (Å²) in [6.45, 7) is 9.56. The van der Waals surface area contributed by atoms with Crippen LogP contribution in [0.2, 0.25) is 0 Å². The van der Waals surface area contributed by atoms with Crippen LogP contribution >= 0.6 is 27.7 Å². The van der Waals surface area contributed by atoms with E-state index in [1.54, 1.807) is 11.8 Å². The molecule has 1 rings (SSSR count). The molecule has 1 aromatic carbocycles. The van der Waals surface area contributed by atoms with Crippen molar-refractivity contribution in [2.24, 2.45) is 0 Å². The Morgan fingerprint density at radius 3 is 2.56 bits per heavy atom. The van der Waals surface area contributed by atoms with Crippen molar-refractivity contribution in [3.8, 4) is 0 Å². The maximum Gasteiger partial charge on any atom is 0.0550 e. The lowest BCUT2D eigenvalue weighted by Gasteiger charge is -2.21. The molecule has 0 bridgehead atoms. The Labute approximate surface area is 123 Å². The topological polar surface area (TPSA) is 32.3 Å². The molecule has 0 aromatic heterocycles. The van der Waals surface area contributed by atoms with Gasteiger partial charge in [0.25, 0.3) is 0 Å². The van der Waals surface area contributed by atoms with Crippen LogP contribution in [0.4, 0.5) is 0 Å². The van der Waals surface area contributed by atoms with E-state index in [0.717, 1.165) is 11.0 Å². The Kier molecular flexibility index (Phi) is 6.18. The molecule has 0 spiro atoms. The summed E-state index contributed by atoms with van der Waals surface area (Å²) in [6, 6.07) is 6.37.